The molecule has 2 aromatic rings. The summed E-state index contributed by atoms with van der Waals surface area (Å²) in [6.45, 7) is 8.14. The van der Waals surface area contributed by atoms with Gasteiger partial charge < -0.3 is 5.32 Å². The van der Waals surface area contributed by atoms with E-state index >= 15 is 0 Å². The van der Waals surface area contributed by atoms with Gasteiger partial charge >= 0.3 is 0 Å². The predicted octanol–water partition coefficient (Wildman–Crippen LogP) is 4.01. The van der Waals surface area contributed by atoms with E-state index in [4.69, 9.17) is 0 Å². The number of rotatable bonds is 5. The lowest BCUT2D eigenvalue weighted by Gasteiger charge is -2.23. The van der Waals surface area contributed by atoms with Crippen molar-refractivity contribution in [3.8, 4) is 0 Å². The molecule has 0 bridgehead atoms. The molecule has 1 unspecified atom stereocenters. The molecular formula is C21H23N3O. The molecule has 0 fully saturated rings. The van der Waals surface area contributed by atoms with E-state index in [2.05, 4.69) is 47.3 Å². The molecule has 25 heavy (non-hydrogen) atoms. The van der Waals surface area contributed by atoms with Gasteiger partial charge in [-0.25, -0.2) is 9.98 Å². The molecule has 2 aromatic carbocycles. The first-order valence-electron chi connectivity index (χ1n) is 8.54. The average molecular weight is 333 g/mol. The van der Waals surface area contributed by atoms with Gasteiger partial charge in [0.2, 0.25) is 0 Å². The Hall–Kier alpha value is -2.75. The highest BCUT2D eigenvalue weighted by Crippen LogP contribution is 2.32. The van der Waals surface area contributed by atoms with Crippen LogP contribution in [0.15, 0.2) is 52.4 Å². The molecule has 1 amide bonds. The second kappa shape index (κ2) is 7.01. The first kappa shape index (κ1) is 17.1. The van der Waals surface area contributed by atoms with Crippen molar-refractivity contribution >= 4 is 18.1 Å². The Kier molecular flexibility index (Phi) is 4.79. The lowest BCUT2D eigenvalue weighted by Crippen LogP contribution is -2.30. The fraction of sp³-hybridized carbons (Fsp3) is 0.286. The monoisotopic (exact) mass is 333 g/mol. The summed E-state index contributed by atoms with van der Waals surface area (Å²) in [5, 5.41) is 2.94. The molecule has 1 N–H and O–H groups in total. The van der Waals surface area contributed by atoms with Gasteiger partial charge in [0, 0.05) is 11.6 Å². The number of carbonyl (C=O) groups is 1. The molecule has 0 saturated heterocycles. The van der Waals surface area contributed by atoms with Crippen LogP contribution in [0.4, 0.5) is 0 Å². The molecule has 0 saturated carbocycles. The number of aryl methyl sites for hydroxylation is 1. The molecule has 0 aromatic heterocycles. The Bertz CT molecular complexity index is 865. The van der Waals surface area contributed by atoms with Crippen molar-refractivity contribution in [1.29, 1.82) is 0 Å². The molecule has 1 aliphatic rings. The summed E-state index contributed by atoms with van der Waals surface area (Å²) in [7, 11) is 0. The summed E-state index contributed by atoms with van der Waals surface area (Å²) in [6, 6.07) is 14.1. The number of amidine groups is 1. The van der Waals surface area contributed by atoms with Crippen molar-refractivity contribution in [3.05, 3.63) is 70.3 Å². The Labute approximate surface area is 148 Å². The van der Waals surface area contributed by atoms with Gasteiger partial charge in [-0.15, -0.1) is 0 Å². The molecule has 1 heterocycles. The van der Waals surface area contributed by atoms with Crippen LogP contribution in [-0.2, 0) is 0 Å². The summed E-state index contributed by atoms with van der Waals surface area (Å²) in [4.78, 5) is 21.1. The van der Waals surface area contributed by atoms with Crippen molar-refractivity contribution < 1.29 is 4.79 Å². The van der Waals surface area contributed by atoms with Crippen LogP contribution in [-0.4, -0.2) is 24.1 Å². The van der Waals surface area contributed by atoms with Crippen molar-refractivity contribution in [1.82, 2.24) is 5.32 Å². The topological polar surface area (TPSA) is 53.8 Å². The van der Waals surface area contributed by atoms with Crippen LogP contribution in [0.3, 0.4) is 0 Å². The Morgan fingerprint density at radius 2 is 1.80 bits per heavy atom. The van der Waals surface area contributed by atoms with E-state index in [0.29, 0.717) is 5.56 Å². The van der Waals surface area contributed by atoms with Crippen LogP contribution in [0, 0.1) is 13.8 Å². The maximum absolute atomic E-state index is 12.4. The molecule has 4 heteroatoms. The van der Waals surface area contributed by atoms with E-state index in [-0.39, 0.29) is 17.9 Å². The van der Waals surface area contributed by atoms with Gasteiger partial charge in [0.15, 0.2) is 0 Å². The maximum Gasteiger partial charge on any atom is 0.251 e. The lowest BCUT2D eigenvalue weighted by atomic mass is 9.85. The van der Waals surface area contributed by atoms with Gasteiger partial charge in [0.25, 0.3) is 5.91 Å². The second-order valence-corrected chi connectivity index (χ2v) is 6.71. The molecule has 0 aliphatic carbocycles. The number of nitrogens with zero attached hydrogens (tertiary/aromatic N) is 2. The minimum atomic E-state index is -0.0596. The summed E-state index contributed by atoms with van der Waals surface area (Å²) in [5.74, 6) is 0.669. The number of benzene rings is 2. The number of hydrogen-bond donors (Lipinski definition) is 1. The van der Waals surface area contributed by atoms with Gasteiger partial charge in [0.1, 0.15) is 12.2 Å². The van der Waals surface area contributed by atoms with Crippen molar-refractivity contribution in [2.24, 2.45) is 9.98 Å². The quantitative estimate of drug-likeness (QED) is 0.883. The molecule has 1 aliphatic heterocycles. The Morgan fingerprint density at radius 3 is 2.44 bits per heavy atom. The average Bonchev–Trinajstić information content (AvgIpc) is 2.53. The van der Waals surface area contributed by atoms with E-state index in [1.807, 2.05) is 38.1 Å². The van der Waals surface area contributed by atoms with Gasteiger partial charge in [0.05, 0.1) is 5.92 Å². The van der Waals surface area contributed by atoms with E-state index < -0.39 is 0 Å². The minimum Gasteiger partial charge on any atom is -0.350 e. The van der Waals surface area contributed by atoms with Crippen LogP contribution < -0.4 is 5.32 Å². The summed E-state index contributed by atoms with van der Waals surface area (Å²) >= 11 is 0. The first-order chi connectivity index (χ1) is 12.0. The third-order valence-electron chi connectivity index (χ3n) is 4.50. The van der Waals surface area contributed by atoms with Crippen LogP contribution in [0.2, 0.25) is 0 Å². The fourth-order valence-corrected chi connectivity index (χ4v) is 3.03. The van der Waals surface area contributed by atoms with Crippen LogP contribution in [0.5, 0.6) is 0 Å². The number of amides is 1. The van der Waals surface area contributed by atoms with Crippen molar-refractivity contribution in [3.63, 3.8) is 0 Å². The van der Waals surface area contributed by atoms with E-state index in [1.54, 1.807) is 6.34 Å². The smallest absolute Gasteiger partial charge is 0.251 e. The number of nitrogens with one attached hydrogen (secondary N) is 1. The predicted molar refractivity (Wildman–Crippen MR) is 103 cm³/mol. The van der Waals surface area contributed by atoms with Gasteiger partial charge in [-0.2, -0.15) is 0 Å². The zero-order valence-corrected chi connectivity index (χ0v) is 15.1. The summed E-state index contributed by atoms with van der Waals surface area (Å²) < 4.78 is 0. The minimum absolute atomic E-state index is 0.0586. The van der Waals surface area contributed by atoms with E-state index in [1.165, 1.54) is 16.7 Å². The molecule has 4 nitrogen and oxygen atoms in total. The van der Waals surface area contributed by atoms with Crippen LogP contribution >= 0.6 is 0 Å². The molecule has 3 rings (SSSR count). The Balaban J connectivity index is 2.04. The second-order valence-electron chi connectivity index (χ2n) is 6.71. The number of hydrogen-bond acceptors (Lipinski definition) is 3. The van der Waals surface area contributed by atoms with Gasteiger partial charge in [-0.3, -0.25) is 4.79 Å². The summed E-state index contributed by atoms with van der Waals surface area (Å²) in [5.41, 5.74) is 5.33. The lowest BCUT2D eigenvalue weighted by molar-refractivity contribution is 0.0943. The van der Waals surface area contributed by atoms with Gasteiger partial charge in [-0.1, -0.05) is 30.3 Å². The van der Waals surface area contributed by atoms with Crippen LogP contribution in [0.1, 0.15) is 52.4 Å². The highest BCUT2D eigenvalue weighted by molar-refractivity contribution is 6.07. The standard InChI is InChI=1S/C21H23N3O/c1-13(2)24-21(25)17-9-6-8-16(11-17)19(20-22-12-23-20)18-10-5-7-14(3)15(18)4/h5-13,19H,1-4H3,(H,24,25). The van der Waals surface area contributed by atoms with E-state index in [9.17, 15) is 4.79 Å². The SMILES string of the molecule is Cc1cccc(C(C2=NC=N2)c2cccc(C(=O)NC(C)C)c2)c1C. The van der Waals surface area contributed by atoms with E-state index in [0.717, 1.165) is 11.4 Å². The van der Waals surface area contributed by atoms with Crippen LogP contribution in [0.25, 0.3) is 0 Å². The first-order valence-corrected chi connectivity index (χ1v) is 8.54. The largest absolute Gasteiger partial charge is 0.350 e. The zero-order chi connectivity index (χ0) is 18.0. The molecule has 128 valence electrons. The third-order valence-corrected chi connectivity index (χ3v) is 4.50. The third kappa shape index (κ3) is 3.53. The Morgan fingerprint density at radius 1 is 1.08 bits per heavy atom. The number of aliphatic imine (C=N–C) groups is 2. The zero-order valence-electron chi connectivity index (χ0n) is 15.1. The molecule has 0 spiro atoms. The highest BCUT2D eigenvalue weighted by atomic mass is 16.1. The summed E-state index contributed by atoms with van der Waals surface area (Å²) in [6.07, 6.45) is 1.57. The molecule has 1 atom stereocenters. The van der Waals surface area contributed by atoms with Crippen molar-refractivity contribution in [2.45, 2.75) is 39.7 Å². The molecule has 0 radical (unpaired) electrons. The highest BCUT2D eigenvalue weighted by Gasteiger charge is 2.25. The molecular weight excluding hydrogens is 310 g/mol. The van der Waals surface area contributed by atoms with Crippen molar-refractivity contribution in [2.75, 3.05) is 0 Å². The number of carbonyl (C=O) groups excluding carboxylic acids is 1. The normalized spacial score (nSPS) is 14.0. The van der Waals surface area contributed by atoms with Gasteiger partial charge in [-0.05, 0) is 62.1 Å². The maximum atomic E-state index is 12.4. The fourth-order valence-electron chi connectivity index (χ4n) is 3.03.